The summed E-state index contributed by atoms with van der Waals surface area (Å²) in [5.41, 5.74) is 3.16. The quantitative estimate of drug-likeness (QED) is 0.618. The molecule has 1 aromatic heterocycles. The first-order chi connectivity index (χ1) is 10.1. The Morgan fingerprint density at radius 3 is 2.62 bits per heavy atom. The van der Waals surface area contributed by atoms with E-state index < -0.39 is 0 Å². The van der Waals surface area contributed by atoms with Crippen molar-refractivity contribution in [1.82, 2.24) is 19.8 Å². The molecule has 0 amide bonds. The molecule has 0 spiro atoms. The van der Waals surface area contributed by atoms with E-state index >= 15 is 0 Å². The number of H-pyrrole nitrogens is 1. The van der Waals surface area contributed by atoms with Crippen LogP contribution in [0.4, 0.5) is 0 Å². The van der Waals surface area contributed by atoms with Crippen LogP contribution in [-0.4, -0.2) is 58.8 Å². The minimum Gasteiger partial charge on any atom is -0.353 e. The smallest absolute Gasteiger partial charge is 0.173 e. The molecule has 3 heterocycles. The predicted molar refractivity (Wildman–Crippen MR) is 83.7 cm³/mol. The highest BCUT2D eigenvalue weighted by Gasteiger charge is 2.40. The summed E-state index contributed by atoms with van der Waals surface area (Å²) in [7, 11) is 2.19. The number of amidine groups is 1. The Kier molecular flexibility index (Phi) is 2.79. The molecule has 2 aliphatic rings. The van der Waals surface area contributed by atoms with E-state index in [0.29, 0.717) is 23.5 Å². The SMILES string of the molecule is Cc1cccc2[nH]c(C(=N)N3CC4CN(C)CC4C3)nc12. The van der Waals surface area contributed by atoms with Gasteiger partial charge in [-0.25, -0.2) is 4.98 Å². The molecule has 0 bridgehead atoms. The Morgan fingerprint density at radius 1 is 1.24 bits per heavy atom. The molecular weight excluding hydrogens is 262 g/mol. The van der Waals surface area contributed by atoms with Crippen LogP contribution in [0, 0.1) is 24.2 Å². The zero-order chi connectivity index (χ0) is 14.6. The first-order valence-electron chi connectivity index (χ1n) is 7.59. The second-order valence-electron chi connectivity index (χ2n) is 6.55. The van der Waals surface area contributed by atoms with Crippen molar-refractivity contribution in [3.05, 3.63) is 29.6 Å². The van der Waals surface area contributed by atoms with E-state index in [9.17, 15) is 0 Å². The average Bonchev–Trinajstić information content (AvgIpc) is 3.10. The largest absolute Gasteiger partial charge is 0.353 e. The molecule has 2 unspecified atom stereocenters. The zero-order valence-corrected chi connectivity index (χ0v) is 12.6. The maximum absolute atomic E-state index is 8.48. The van der Waals surface area contributed by atoms with Gasteiger partial charge in [0, 0.05) is 26.2 Å². The van der Waals surface area contributed by atoms with Crippen LogP contribution in [0.3, 0.4) is 0 Å². The number of hydrogen-bond donors (Lipinski definition) is 2. The molecule has 0 aliphatic carbocycles. The fourth-order valence-corrected chi connectivity index (χ4v) is 3.85. The monoisotopic (exact) mass is 283 g/mol. The number of likely N-dealkylation sites (tertiary alicyclic amines) is 2. The highest BCUT2D eigenvalue weighted by molar-refractivity contribution is 5.96. The van der Waals surface area contributed by atoms with Crippen molar-refractivity contribution >= 4 is 16.9 Å². The molecular formula is C16H21N5. The second-order valence-corrected chi connectivity index (χ2v) is 6.55. The fourth-order valence-electron chi connectivity index (χ4n) is 3.85. The van der Waals surface area contributed by atoms with Crippen LogP contribution in [0.15, 0.2) is 18.2 Å². The molecule has 0 saturated carbocycles. The van der Waals surface area contributed by atoms with E-state index in [1.54, 1.807) is 0 Å². The number of fused-ring (bicyclic) bond motifs is 2. The maximum Gasteiger partial charge on any atom is 0.173 e. The van der Waals surface area contributed by atoms with Crippen LogP contribution >= 0.6 is 0 Å². The maximum atomic E-state index is 8.48. The van der Waals surface area contributed by atoms with Crippen molar-refractivity contribution in [3.8, 4) is 0 Å². The number of hydrogen-bond acceptors (Lipinski definition) is 3. The van der Waals surface area contributed by atoms with Crippen LogP contribution in [-0.2, 0) is 0 Å². The number of benzene rings is 1. The van der Waals surface area contributed by atoms with Gasteiger partial charge in [0.15, 0.2) is 11.7 Å². The van der Waals surface area contributed by atoms with Crippen LogP contribution in [0.2, 0.25) is 0 Å². The lowest BCUT2D eigenvalue weighted by Gasteiger charge is -2.20. The average molecular weight is 283 g/mol. The summed E-state index contributed by atoms with van der Waals surface area (Å²) in [6.07, 6.45) is 0. The molecule has 5 heteroatoms. The van der Waals surface area contributed by atoms with E-state index in [0.717, 1.165) is 42.8 Å². The summed E-state index contributed by atoms with van der Waals surface area (Å²) in [5, 5.41) is 8.48. The molecule has 1 aromatic carbocycles. The number of aryl methyl sites for hydroxylation is 1. The van der Waals surface area contributed by atoms with E-state index in [-0.39, 0.29) is 0 Å². The molecule has 21 heavy (non-hydrogen) atoms. The molecule has 4 rings (SSSR count). The van der Waals surface area contributed by atoms with Crippen LogP contribution in [0.1, 0.15) is 11.4 Å². The van der Waals surface area contributed by atoms with Gasteiger partial charge in [-0.05, 0) is 37.4 Å². The molecule has 2 aliphatic heterocycles. The first-order valence-corrected chi connectivity index (χ1v) is 7.59. The number of rotatable bonds is 1. The summed E-state index contributed by atoms with van der Waals surface area (Å²) in [6, 6.07) is 6.12. The molecule has 2 fully saturated rings. The lowest BCUT2D eigenvalue weighted by molar-refractivity contribution is 0.347. The van der Waals surface area contributed by atoms with Gasteiger partial charge < -0.3 is 14.8 Å². The standard InChI is InChI=1S/C16H21N5/c1-10-4-3-5-13-14(10)19-16(18-13)15(17)21-8-11-6-20(2)7-12(11)9-21/h3-5,11-12,17H,6-9H2,1-2H3,(H,18,19). The van der Waals surface area contributed by atoms with Gasteiger partial charge in [-0.1, -0.05) is 12.1 Å². The molecule has 0 radical (unpaired) electrons. The van der Waals surface area contributed by atoms with E-state index in [1.165, 1.54) is 0 Å². The Balaban J connectivity index is 1.58. The Labute approximate surface area is 124 Å². The zero-order valence-electron chi connectivity index (χ0n) is 12.6. The highest BCUT2D eigenvalue weighted by atomic mass is 15.3. The first kappa shape index (κ1) is 12.8. The lowest BCUT2D eigenvalue weighted by Crippen LogP contribution is -2.33. The van der Waals surface area contributed by atoms with E-state index in [1.807, 2.05) is 12.1 Å². The highest BCUT2D eigenvalue weighted by Crippen LogP contribution is 2.31. The third kappa shape index (κ3) is 2.03. The van der Waals surface area contributed by atoms with Crippen LogP contribution < -0.4 is 0 Å². The van der Waals surface area contributed by atoms with Gasteiger partial charge in [0.25, 0.3) is 0 Å². The molecule has 2 N–H and O–H groups in total. The summed E-state index contributed by atoms with van der Waals surface area (Å²) in [5.74, 6) is 2.67. The van der Waals surface area contributed by atoms with Gasteiger partial charge in [-0.15, -0.1) is 0 Å². The minimum absolute atomic E-state index is 0.544. The van der Waals surface area contributed by atoms with Gasteiger partial charge in [-0.2, -0.15) is 0 Å². The molecule has 2 saturated heterocycles. The summed E-state index contributed by atoms with van der Waals surface area (Å²) in [4.78, 5) is 12.5. The van der Waals surface area contributed by atoms with Gasteiger partial charge in [-0.3, -0.25) is 5.41 Å². The normalized spacial score (nSPS) is 25.7. The second kappa shape index (κ2) is 4.56. The van der Waals surface area contributed by atoms with Crippen molar-refractivity contribution in [2.75, 3.05) is 33.2 Å². The summed E-state index contributed by atoms with van der Waals surface area (Å²) < 4.78 is 0. The van der Waals surface area contributed by atoms with Gasteiger partial charge in [0.2, 0.25) is 0 Å². The Morgan fingerprint density at radius 2 is 1.95 bits per heavy atom. The number of imidazole rings is 1. The van der Waals surface area contributed by atoms with E-state index in [2.05, 4.69) is 39.8 Å². The van der Waals surface area contributed by atoms with Crippen molar-refractivity contribution in [2.45, 2.75) is 6.92 Å². The van der Waals surface area contributed by atoms with Crippen LogP contribution in [0.25, 0.3) is 11.0 Å². The van der Waals surface area contributed by atoms with Crippen LogP contribution in [0.5, 0.6) is 0 Å². The number of aromatic amines is 1. The number of para-hydroxylation sites is 1. The molecule has 5 nitrogen and oxygen atoms in total. The fraction of sp³-hybridized carbons (Fsp3) is 0.500. The molecule has 2 atom stereocenters. The molecule has 2 aromatic rings. The third-order valence-corrected chi connectivity index (χ3v) is 4.92. The summed E-state index contributed by atoms with van der Waals surface area (Å²) >= 11 is 0. The van der Waals surface area contributed by atoms with Crippen molar-refractivity contribution in [3.63, 3.8) is 0 Å². The topological polar surface area (TPSA) is 59.0 Å². The number of nitrogens with zero attached hydrogens (tertiary/aromatic N) is 3. The Bertz CT molecular complexity index is 690. The van der Waals surface area contributed by atoms with E-state index in [4.69, 9.17) is 5.41 Å². The number of nitrogens with one attached hydrogen (secondary N) is 2. The number of aromatic nitrogens is 2. The van der Waals surface area contributed by atoms with Crippen molar-refractivity contribution in [1.29, 1.82) is 5.41 Å². The van der Waals surface area contributed by atoms with Gasteiger partial charge in [0.1, 0.15) is 0 Å². The minimum atomic E-state index is 0.544. The predicted octanol–water partition coefficient (Wildman–Crippen LogP) is 1.69. The lowest BCUT2D eigenvalue weighted by atomic mass is 10.0. The summed E-state index contributed by atoms with van der Waals surface area (Å²) in [6.45, 7) is 6.36. The van der Waals surface area contributed by atoms with Gasteiger partial charge in [0.05, 0.1) is 11.0 Å². The third-order valence-electron chi connectivity index (χ3n) is 4.92. The Hall–Kier alpha value is -1.88. The van der Waals surface area contributed by atoms with Gasteiger partial charge >= 0.3 is 0 Å². The van der Waals surface area contributed by atoms with Crippen molar-refractivity contribution < 1.29 is 0 Å². The molecule has 110 valence electrons. The van der Waals surface area contributed by atoms with Crippen molar-refractivity contribution in [2.24, 2.45) is 11.8 Å².